The van der Waals surface area contributed by atoms with Crippen molar-refractivity contribution in [2.75, 3.05) is 79.3 Å². The maximum Gasteiger partial charge on any atom is 0.182 e. The lowest BCUT2D eigenvalue weighted by Gasteiger charge is -2.41. The molecule has 0 aliphatic carbocycles. The van der Waals surface area contributed by atoms with E-state index in [0.29, 0.717) is 56.9 Å². The predicted molar refractivity (Wildman–Crippen MR) is 301 cm³/mol. The second-order valence-electron chi connectivity index (χ2n) is 19.7. The highest BCUT2D eigenvalue weighted by Gasteiger charge is 2.38. The van der Waals surface area contributed by atoms with Gasteiger partial charge in [-0.3, -0.25) is 0 Å². The Balaban J connectivity index is 1.74. The molecule has 0 spiro atoms. The maximum absolute atomic E-state index is 6.92. The van der Waals surface area contributed by atoms with Gasteiger partial charge in [0.1, 0.15) is 17.2 Å². The van der Waals surface area contributed by atoms with Crippen molar-refractivity contribution in [3.63, 3.8) is 0 Å². The Morgan fingerprint density at radius 2 is 0.479 bits per heavy atom. The first-order valence-electron chi connectivity index (χ1n) is 29.6. The third-order valence-electron chi connectivity index (χ3n) is 13.1. The van der Waals surface area contributed by atoms with Crippen molar-refractivity contribution in [1.29, 1.82) is 0 Å². The van der Waals surface area contributed by atoms with Crippen LogP contribution in [0, 0.1) is 0 Å². The number of hydrogen-bond donors (Lipinski definition) is 0. The highest BCUT2D eigenvalue weighted by atomic mass is 16.6. The van der Waals surface area contributed by atoms with Gasteiger partial charge in [0.25, 0.3) is 0 Å². The van der Waals surface area contributed by atoms with E-state index in [1.807, 2.05) is 91.0 Å². The summed E-state index contributed by atoms with van der Waals surface area (Å²) in [7, 11) is 0. The van der Waals surface area contributed by atoms with Crippen LogP contribution >= 0.6 is 0 Å². The first-order chi connectivity index (χ1) is 36.2. The van der Waals surface area contributed by atoms with Crippen molar-refractivity contribution in [3.05, 3.63) is 91.0 Å². The average Bonchev–Trinajstić information content (AvgIpc) is 3.41. The van der Waals surface area contributed by atoms with E-state index in [2.05, 4.69) is 25.7 Å². The molecule has 0 saturated carbocycles. The lowest BCUT2D eigenvalue weighted by Crippen LogP contribution is -2.60. The number of hydrogen-bond acceptors (Lipinski definition) is 10. The number of para-hydroxylation sites is 3. The Labute approximate surface area is 446 Å². The minimum Gasteiger partial charge on any atom is -0.472 e. The molecule has 0 aromatic heterocycles. The van der Waals surface area contributed by atoms with E-state index in [4.69, 9.17) is 42.6 Å². The summed E-state index contributed by atoms with van der Waals surface area (Å²) in [6.45, 7) is 12.3. The van der Waals surface area contributed by atoms with Gasteiger partial charge in [0, 0.05) is 19.8 Å². The van der Waals surface area contributed by atoms with Gasteiger partial charge in [0.15, 0.2) is 18.7 Å². The molecule has 3 unspecified atom stereocenters. The van der Waals surface area contributed by atoms with Crippen LogP contribution in [-0.4, -0.2) is 103 Å². The Bertz CT molecular complexity index is 1370. The minimum atomic E-state index is -0.694. The van der Waals surface area contributed by atoms with Crippen LogP contribution in [0.15, 0.2) is 91.0 Å². The highest BCUT2D eigenvalue weighted by Crippen LogP contribution is 2.25. The van der Waals surface area contributed by atoms with Gasteiger partial charge in [-0.2, -0.15) is 4.90 Å². The number of unbranched alkanes of at least 4 members (excludes halogenated alkanes) is 24. The SMILES string of the molecule is CCCCCCCCCCCOCCOCC(Oc1ccccc1)N(C(COCCOCCCCCCCCCCC)Oc1ccccc1)C(COCCOCCCCCCCCCCC)Oc1ccccc1. The van der Waals surface area contributed by atoms with Gasteiger partial charge >= 0.3 is 0 Å². The number of nitrogens with zero attached hydrogens (tertiary/aromatic N) is 1. The first-order valence-corrected chi connectivity index (χ1v) is 29.6. The molecule has 3 aromatic rings. The molecule has 0 heterocycles. The van der Waals surface area contributed by atoms with E-state index >= 15 is 0 Å². The summed E-state index contributed by atoms with van der Waals surface area (Å²) in [6, 6.07) is 29.6. The third-order valence-corrected chi connectivity index (χ3v) is 13.1. The van der Waals surface area contributed by atoms with Crippen molar-refractivity contribution in [2.24, 2.45) is 0 Å². The molecule has 0 aliphatic heterocycles. The molecule has 0 bridgehead atoms. The quantitative estimate of drug-likeness (QED) is 0.0402. The van der Waals surface area contributed by atoms with Crippen LogP contribution in [0.1, 0.15) is 194 Å². The molecule has 10 heteroatoms. The molecule has 0 fully saturated rings. The maximum atomic E-state index is 6.92. The molecule has 3 rings (SSSR count). The molecule has 3 aromatic carbocycles. The Morgan fingerprint density at radius 3 is 0.726 bits per heavy atom. The molecule has 0 amide bonds. The van der Waals surface area contributed by atoms with Crippen LogP contribution in [0.3, 0.4) is 0 Å². The van der Waals surface area contributed by atoms with Crippen LogP contribution in [0.25, 0.3) is 0 Å². The minimum absolute atomic E-state index is 0.198. The molecule has 0 aliphatic rings. The summed E-state index contributed by atoms with van der Waals surface area (Å²) in [5, 5.41) is 0. The average molecular weight is 1020 g/mol. The molecule has 73 heavy (non-hydrogen) atoms. The van der Waals surface area contributed by atoms with Gasteiger partial charge in [0.05, 0.1) is 59.5 Å². The predicted octanol–water partition coefficient (Wildman–Crippen LogP) is 16.2. The third kappa shape index (κ3) is 35.6. The fourth-order valence-corrected chi connectivity index (χ4v) is 8.82. The number of ether oxygens (including phenoxy) is 9. The zero-order valence-corrected chi connectivity index (χ0v) is 46.6. The van der Waals surface area contributed by atoms with E-state index in [1.165, 1.54) is 154 Å². The zero-order valence-electron chi connectivity index (χ0n) is 46.6. The van der Waals surface area contributed by atoms with Crippen LogP contribution in [0.4, 0.5) is 0 Å². The van der Waals surface area contributed by atoms with Crippen LogP contribution < -0.4 is 14.2 Å². The lowest BCUT2D eigenvalue weighted by molar-refractivity contribution is -0.198. The van der Waals surface area contributed by atoms with Gasteiger partial charge < -0.3 is 42.6 Å². The van der Waals surface area contributed by atoms with Gasteiger partial charge in [0.2, 0.25) is 0 Å². The summed E-state index contributed by atoms with van der Waals surface area (Å²) in [5.41, 5.74) is 0. The van der Waals surface area contributed by atoms with Crippen LogP contribution in [0.2, 0.25) is 0 Å². The van der Waals surface area contributed by atoms with Crippen molar-refractivity contribution < 1.29 is 42.6 Å². The van der Waals surface area contributed by atoms with Gasteiger partial charge in [-0.1, -0.05) is 229 Å². The molecule has 0 saturated heterocycles. The second kappa shape index (κ2) is 48.4. The molecule has 0 radical (unpaired) electrons. The van der Waals surface area contributed by atoms with Crippen molar-refractivity contribution in [3.8, 4) is 17.2 Å². The topological polar surface area (TPSA) is 86.3 Å². The summed E-state index contributed by atoms with van der Waals surface area (Å²) in [6.07, 6.45) is 32.6. The largest absolute Gasteiger partial charge is 0.472 e. The molecular formula is C63H105NO9. The van der Waals surface area contributed by atoms with Gasteiger partial charge in [-0.25, -0.2) is 0 Å². The van der Waals surface area contributed by atoms with E-state index < -0.39 is 18.7 Å². The molecule has 416 valence electrons. The van der Waals surface area contributed by atoms with Crippen LogP contribution in [-0.2, 0) is 28.4 Å². The van der Waals surface area contributed by atoms with Gasteiger partial charge in [-0.15, -0.1) is 0 Å². The summed E-state index contributed by atoms with van der Waals surface area (Å²) in [4.78, 5) is 2.07. The zero-order chi connectivity index (χ0) is 51.6. The molecule has 10 nitrogen and oxygen atoms in total. The van der Waals surface area contributed by atoms with Crippen molar-refractivity contribution in [1.82, 2.24) is 4.90 Å². The van der Waals surface area contributed by atoms with Crippen molar-refractivity contribution >= 4 is 0 Å². The summed E-state index contributed by atoms with van der Waals surface area (Å²) in [5.74, 6) is 2.07. The standard InChI is InChI=1S/C63H105NO9/c1-4-7-10-13-16-19-22-25-37-46-65-49-52-68-55-61(71-58-40-31-28-32-41-58)64(62(72-59-42-33-29-34-43-59)56-69-53-50-66-47-38-26-23-20-17-14-11-8-5-2)63(73-60-44-35-30-36-45-60)57-70-54-51-67-48-39-27-24-21-18-15-12-9-6-3/h28-36,40-45,61-63H,4-27,37-39,46-57H2,1-3H3. The smallest absolute Gasteiger partial charge is 0.182 e. The van der Waals surface area contributed by atoms with E-state index in [0.717, 1.165) is 39.1 Å². The fraction of sp³-hybridized carbons (Fsp3) is 0.714. The van der Waals surface area contributed by atoms with E-state index in [1.54, 1.807) is 0 Å². The highest BCUT2D eigenvalue weighted by molar-refractivity contribution is 5.23. The fourth-order valence-electron chi connectivity index (χ4n) is 8.82. The Morgan fingerprint density at radius 1 is 0.260 bits per heavy atom. The Kier molecular flexibility index (Phi) is 42.5. The Hall–Kier alpha value is -3.22. The van der Waals surface area contributed by atoms with Gasteiger partial charge in [-0.05, 0) is 55.7 Å². The molecular weight excluding hydrogens is 915 g/mol. The monoisotopic (exact) mass is 1020 g/mol. The lowest BCUT2D eigenvalue weighted by atomic mass is 10.1. The van der Waals surface area contributed by atoms with E-state index in [9.17, 15) is 0 Å². The molecule has 0 N–H and O–H groups in total. The summed E-state index contributed by atoms with van der Waals surface area (Å²) >= 11 is 0. The summed E-state index contributed by atoms with van der Waals surface area (Å²) < 4.78 is 58.4. The van der Waals surface area contributed by atoms with Crippen molar-refractivity contribution in [2.45, 2.75) is 213 Å². The number of rotatable bonds is 54. The first kappa shape index (κ1) is 64.1. The second-order valence-corrected chi connectivity index (χ2v) is 19.7. The van der Waals surface area contributed by atoms with E-state index in [-0.39, 0.29) is 19.8 Å². The number of benzene rings is 3. The molecule has 3 atom stereocenters. The van der Waals surface area contributed by atoms with Crippen LogP contribution in [0.5, 0.6) is 17.2 Å². The normalized spacial score (nSPS) is 12.8.